The van der Waals surface area contributed by atoms with Gasteiger partial charge in [-0.1, -0.05) is 20.8 Å². The largest absolute Gasteiger partial charge is 0.384 e. The maximum atomic E-state index is 11.9. The maximum absolute atomic E-state index is 11.9. The van der Waals surface area contributed by atoms with Crippen molar-refractivity contribution in [1.29, 1.82) is 0 Å². The van der Waals surface area contributed by atoms with Crippen molar-refractivity contribution in [3.05, 3.63) is 11.9 Å². The molecule has 2 aliphatic heterocycles. The average molecular weight is 289 g/mol. The summed E-state index contributed by atoms with van der Waals surface area (Å²) in [5.74, 6) is 2.33. The number of rotatable bonds is 1. The van der Waals surface area contributed by atoms with Gasteiger partial charge in [-0.05, 0) is 12.8 Å². The highest BCUT2D eigenvalue weighted by atomic mass is 16.2. The molecule has 1 aromatic heterocycles. The molecule has 2 atom stereocenters. The molecule has 2 fully saturated rings. The summed E-state index contributed by atoms with van der Waals surface area (Å²) in [5.41, 5.74) is 5.82. The van der Waals surface area contributed by atoms with Crippen LogP contribution in [-0.4, -0.2) is 35.0 Å². The third-order valence-electron chi connectivity index (χ3n) is 4.30. The van der Waals surface area contributed by atoms with Gasteiger partial charge in [0.05, 0.1) is 12.0 Å². The van der Waals surface area contributed by atoms with Crippen molar-refractivity contribution in [2.75, 3.05) is 23.7 Å². The first-order chi connectivity index (χ1) is 9.86. The van der Waals surface area contributed by atoms with E-state index in [2.05, 4.69) is 36.0 Å². The van der Waals surface area contributed by atoms with Crippen LogP contribution in [0.3, 0.4) is 0 Å². The number of piperidine rings is 1. The number of aromatic nitrogens is 2. The van der Waals surface area contributed by atoms with Crippen LogP contribution >= 0.6 is 0 Å². The highest BCUT2D eigenvalue weighted by Crippen LogP contribution is 2.32. The van der Waals surface area contributed by atoms with E-state index in [0.717, 1.165) is 31.0 Å². The van der Waals surface area contributed by atoms with Crippen LogP contribution in [0.4, 0.5) is 11.6 Å². The number of carbonyl (C=O) groups is 1. The third kappa shape index (κ3) is 2.54. The number of hydrogen-bond acceptors (Lipinski definition) is 5. The van der Waals surface area contributed by atoms with Crippen molar-refractivity contribution in [1.82, 2.24) is 15.3 Å². The molecule has 0 radical (unpaired) electrons. The summed E-state index contributed by atoms with van der Waals surface area (Å²) in [7, 11) is 0. The normalized spacial score (nSPS) is 25.7. The second kappa shape index (κ2) is 4.86. The van der Waals surface area contributed by atoms with Gasteiger partial charge in [0, 0.05) is 24.6 Å². The van der Waals surface area contributed by atoms with Gasteiger partial charge in [0.2, 0.25) is 5.91 Å². The van der Waals surface area contributed by atoms with Crippen molar-refractivity contribution in [2.45, 2.75) is 45.1 Å². The Labute approximate surface area is 125 Å². The first-order valence-corrected chi connectivity index (χ1v) is 7.55. The molecule has 3 N–H and O–H groups in total. The number of hydrogen-bond donors (Lipinski definition) is 2. The molecule has 0 aliphatic carbocycles. The van der Waals surface area contributed by atoms with Crippen molar-refractivity contribution in [3.63, 3.8) is 0 Å². The minimum atomic E-state index is -0.150. The van der Waals surface area contributed by atoms with Gasteiger partial charge in [0.1, 0.15) is 17.5 Å². The van der Waals surface area contributed by atoms with Crippen LogP contribution in [0.25, 0.3) is 0 Å². The summed E-state index contributed by atoms with van der Waals surface area (Å²) in [6.07, 6.45) is 1.96. The molecule has 3 heterocycles. The Kier molecular flexibility index (Phi) is 3.26. The Morgan fingerprint density at radius 2 is 2.14 bits per heavy atom. The molecule has 2 saturated heterocycles. The van der Waals surface area contributed by atoms with Crippen LogP contribution in [0, 0.1) is 5.92 Å². The second-order valence-corrected chi connectivity index (χ2v) is 6.98. The minimum Gasteiger partial charge on any atom is -0.384 e. The van der Waals surface area contributed by atoms with E-state index in [9.17, 15) is 4.79 Å². The zero-order valence-corrected chi connectivity index (χ0v) is 12.9. The number of amides is 1. The molecule has 0 aromatic carbocycles. The fourth-order valence-electron chi connectivity index (χ4n) is 3.17. The van der Waals surface area contributed by atoms with E-state index in [4.69, 9.17) is 10.7 Å². The molecule has 1 aromatic rings. The Morgan fingerprint density at radius 3 is 2.86 bits per heavy atom. The van der Waals surface area contributed by atoms with Gasteiger partial charge in [0.25, 0.3) is 0 Å². The van der Waals surface area contributed by atoms with Crippen LogP contribution in [-0.2, 0) is 10.2 Å². The SMILES string of the molecule is CC(C)(C)c1nc(N)cc(N2CCCC3C(=O)NCC32)n1. The van der Waals surface area contributed by atoms with Crippen molar-refractivity contribution in [3.8, 4) is 0 Å². The van der Waals surface area contributed by atoms with Gasteiger partial charge < -0.3 is 16.0 Å². The lowest BCUT2D eigenvalue weighted by atomic mass is 9.91. The molecule has 2 unspecified atom stereocenters. The first kappa shape index (κ1) is 14.1. The highest BCUT2D eigenvalue weighted by Gasteiger charge is 2.41. The monoisotopic (exact) mass is 289 g/mol. The van der Waals surface area contributed by atoms with Gasteiger partial charge in [-0.25, -0.2) is 9.97 Å². The van der Waals surface area contributed by atoms with Crippen LogP contribution in [0.2, 0.25) is 0 Å². The zero-order valence-electron chi connectivity index (χ0n) is 12.9. The Hall–Kier alpha value is -1.85. The molecule has 114 valence electrons. The van der Waals surface area contributed by atoms with E-state index in [1.54, 1.807) is 0 Å². The van der Waals surface area contributed by atoms with E-state index >= 15 is 0 Å². The van der Waals surface area contributed by atoms with E-state index in [-0.39, 0.29) is 23.3 Å². The molecular weight excluding hydrogens is 266 g/mol. The summed E-state index contributed by atoms with van der Waals surface area (Å²) in [4.78, 5) is 23.2. The minimum absolute atomic E-state index is 0.0769. The predicted molar refractivity (Wildman–Crippen MR) is 82.0 cm³/mol. The molecule has 21 heavy (non-hydrogen) atoms. The van der Waals surface area contributed by atoms with Crippen LogP contribution in [0.1, 0.15) is 39.4 Å². The summed E-state index contributed by atoms with van der Waals surface area (Å²) in [6.45, 7) is 7.83. The van der Waals surface area contributed by atoms with Crippen LogP contribution in [0.15, 0.2) is 6.07 Å². The molecular formula is C15H23N5O. The van der Waals surface area contributed by atoms with Crippen molar-refractivity contribution < 1.29 is 4.79 Å². The van der Waals surface area contributed by atoms with E-state index in [1.165, 1.54) is 0 Å². The highest BCUT2D eigenvalue weighted by molar-refractivity contribution is 5.83. The number of nitrogen functional groups attached to an aromatic ring is 1. The van der Waals surface area contributed by atoms with Gasteiger partial charge in [-0.3, -0.25) is 4.79 Å². The van der Waals surface area contributed by atoms with Gasteiger partial charge >= 0.3 is 0 Å². The lowest BCUT2D eigenvalue weighted by Crippen LogP contribution is -2.46. The fraction of sp³-hybridized carbons (Fsp3) is 0.667. The Balaban J connectivity index is 1.96. The Morgan fingerprint density at radius 1 is 1.38 bits per heavy atom. The van der Waals surface area contributed by atoms with Crippen LogP contribution in [0.5, 0.6) is 0 Å². The second-order valence-electron chi connectivity index (χ2n) is 6.98. The number of carbonyl (C=O) groups excluding carboxylic acids is 1. The molecule has 6 nitrogen and oxygen atoms in total. The lowest BCUT2D eigenvalue weighted by Gasteiger charge is -2.37. The van der Waals surface area contributed by atoms with Crippen LogP contribution < -0.4 is 16.0 Å². The van der Waals surface area contributed by atoms with Crippen molar-refractivity contribution in [2.24, 2.45) is 5.92 Å². The molecule has 0 saturated carbocycles. The molecule has 2 aliphatic rings. The van der Waals surface area contributed by atoms with Gasteiger partial charge in [-0.15, -0.1) is 0 Å². The topological polar surface area (TPSA) is 84.1 Å². The third-order valence-corrected chi connectivity index (χ3v) is 4.30. The standard InChI is InChI=1S/C15H23N5O/c1-15(2,3)14-18-11(16)7-12(19-14)20-6-4-5-9-10(20)8-17-13(9)21/h7,9-10H,4-6,8H2,1-3H3,(H,17,21)(H2,16,18,19). The lowest BCUT2D eigenvalue weighted by molar-refractivity contribution is -0.122. The molecule has 6 heteroatoms. The fourth-order valence-corrected chi connectivity index (χ4v) is 3.17. The molecule has 1 amide bonds. The quantitative estimate of drug-likeness (QED) is 0.808. The summed E-state index contributed by atoms with van der Waals surface area (Å²) >= 11 is 0. The Bertz CT molecular complexity index is 566. The number of nitrogens with two attached hydrogens (primary N) is 1. The molecule has 0 spiro atoms. The van der Waals surface area contributed by atoms with E-state index in [1.807, 2.05) is 6.07 Å². The smallest absolute Gasteiger partial charge is 0.225 e. The number of anilines is 2. The summed E-state index contributed by atoms with van der Waals surface area (Å²) in [5, 5.41) is 2.97. The van der Waals surface area contributed by atoms with Gasteiger partial charge in [-0.2, -0.15) is 0 Å². The summed E-state index contributed by atoms with van der Waals surface area (Å²) < 4.78 is 0. The molecule has 0 bridgehead atoms. The van der Waals surface area contributed by atoms with Crippen molar-refractivity contribution >= 4 is 17.5 Å². The predicted octanol–water partition coefficient (Wildman–Crippen LogP) is 1.07. The van der Waals surface area contributed by atoms with E-state index < -0.39 is 0 Å². The number of nitrogens with zero attached hydrogens (tertiary/aromatic N) is 3. The molecule has 3 rings (SSSR count). The number of nitrogens with one attached hydrogen (secondary N) is 1. The number of fused-ring (bicyclic) bond motifs is 1. The zero-order chi connectivity index (χ0) is 15.2. The first-order valence-electron chi connectivity index (χ1n) is 7.55. The summed E-state index contributed by atoms with van der Waals surface area (Å²) in [6, 6.07) is 2.01. The van der Waals surface area contributed by atoms with Gasteiger partial charge in [0.15, 0.2) is 0 Å². The van der Waals surface area contributed by atoms with E-state index in [0.29, 0.717) is 12.4 Å². The average Bonchev–Trinajstić information content (AvgIpc) is 2.79. The maximum Gasteiger partial charge on any atom is 0.225 e.